The summed E-state index contributed by atoms with van der Waals surface area (Å²) >= 11 is 6.67. The Balaban J connectivity index is 2.38. The number of hydrogen-bond donors (Lipinski definition) is 3. The van der Waals surface area contributed by atoms with Crippen molar-refractivity contribution in [1.29, 1.82) is 0 Å². The largest absolute Gasteiger partial charge is 0.390 e. The molecular weight excluding hydrogens is 412 g/mol. The molecule has 0 spiro atoms. The highest BCUT2D eigenvalue weighted by molar-refractivity contribution is 9.11. The van der Waals surface area contributed by atoms with Gasteiger partial charge in [0, 0.05) is 20.8 Å². The number of halogens is 2. The number of aryl methyl sites for hydroxylation is 1. The molecule has 0 unspecified atom stereocenters. The molecule has 2 aromatic rings. The molecule has 0 amide bonds. The number of sulfonamides is 1. The lowest BCUT2D eigenvalue weighted by Crippen LogP contribution is -2.13. The number of anilines is 1. The molecule has 0 aliphatic carbocycles. The molecule has 0 fully saturated rings. The van der Waals surface area contributed by atoms with E-state index in [1.54, 1.807) is 0 Å². The third kappa shape index (κ3) is 3.25. The molecule has 0 radical (unpaired) electrons. The Hall–Kier alpha value is -0.830. The fourth-order valence-corrected chi connectivity index (χ4v) is 4.65. The molecule has 1 heterocycles. The molecule has 0 saturated heterocycles. The van der Waals surface area contributed by atoms with E-state index in [1.165, 1.54) is 12.3 Å². The predicted molar refractivity (Wildman–Crippen MR) is 84.1 cm³/mol. The SMILES string of the molecule is Cc1cc(Br)c(NS(=O)(=O)c2c[nH]c(CO)c2)c(Br)c1. The van der Waals surface area contributed by atoms with Gasteiger partial charge in [-0.2, -0.15) is 0 Å². The first-order valence-corrected chi connectivity index (χ1v) is 8.67. The van der Waals surface area contributed by atoms with Gasteiger partial charge in [0.05, 0.1) is 12.3 Å². The van der Waals surface area contributed by atoms with Crippen molar-refractivity contribution in [1.82, 2.24) is 4.98 Å². The van der Waals surface area contributed by atoms with E-state index in [1.807, 2.05) is 19.1 Å². The average Bonchev–Trinajstić information content (AvgIpc) is 2.83. The van der Waals surface area contributed by atoms with E-state index in [4.69, 9.17) is 5.11 Å². The number of aromatic amines is 1. The van der Waals surface area contributed by atoms with E-state index >= 15 is 0 Å². The molecule has 1 aromatic carbocycles. The molecule has 8 heteroatoms. The van der Waals surface area contributed by atoms with E-state index < -0.39 is 10.0 Å². The van der Waals surface area contributed by atoms with Crippen molar-refractivity contribution in [2.75, 3.05) is 4.72 Å². The Morgan fingerprint density at radius 1 is 1.25 bits per heavy atom. The summed E-state index contributed by atoms with van der Waals surface area (Å²) < 4.78 is 28.3. The van der Waals surface area contributed by atoms with E-state index in [-0.39, 0.29) is 11.5 Å². The van der Waals surface area contributed by atoms with E-state index in [2.05, 4.69) is 41.6 Å². The maximum absolute atomic E-state index is 12.3. The maximum atomic E-state index is 12.3. The van der Waals surface area contributed by atoms with Gasteiger partial charge in [-0.05, 0) is 62.5 Å². The van der Waals surface area contributed by atoms with Crippen LogP contribution in [0.3, 0.4) is 0 Å². The summed E-state index contributed by atoms with van der Waals surface area (Å²) in [6.07, 6.45) is 1.34. The van der Waals surface area contributed by atoms with Crippen molar-refractivity contribution >= 4 is 47.6 Å². The molecule has 0 bridgehead atoms. The second-order valence-corrected chi connectivity index (χ2v) is 7.62. The Morgan fingerprint density at radius 3 is 2.35 bits per heavy atom. The third-order valence-electron chi connectivity index (χ3n) is 2.62. The van der Waals surface area contributed by atoms with Gasteiger partial charge in [0.2, 0.25) is 0 Å². The summed E-state index contributed by atoms with van der Waals surface area (Å²) in [5.41, 5.74) is 1.87. The van der Waals surface area contributed by atoms with Crippen molar-refractivity contribution in [2.45, 2.75) is 18.4 Å². The second-order valence-electron chi connectivity index (χ2n) is 4.23. The molecule has 20 heavy (non-hydrogen) atoms. The summed E-state index contributed by atoms with van der Waals surface area (Å²) in [5.74, 6) is 0. The Morgan fingerprint density at radius 2 is 1.85 bits per heavy atom. The van der Waals surface area contributed by atoms with Crippen LogP contribution >= 0.6 is 31.9 Å². The molecule has 5 nitrogen and oxygen atoms in total. The van der Waals surface area contributed by atoms with Gasteiger partial charge >= 0.3 is 0 Å². The lowest BCUT2D eigenvalue weighted by atomic mass is 10.2. The number of aromatic nitrogens is 1. The standard InChI is InChI=1S/C12H12Br2N2O3S/c1-7-2-10(13)12(11(14)3-7)16-20(18,19)9-4-8(6-17)15-5-9/h2-5,15-17H,6H2,1H3. The highest BCUT2D eigenvalue weighted by Gasteiger charge is 2.19. The van der Waals surface area contributed by atoms with Crippen LogP contribution in [-0.4, -0.2) is 18.5 Å². The summed E-state index contributed by atoms with van der Waals surface area (Å²) in [5, 5.41) is 8.96. The zero-order chi connectivity index (χ0) is 14.9. The van der Waals surface area contributed by atoms with Crippen LogP contribution in [0, 0.1) is 6.92 Å². The zero-order valence-corrected chi connectivity index (χ0v) is 14.4. The van der Waals surface area contributed by atoms with Crippen LogP contribution in [0.1, 0.15) is 11.3 Å². The van der Waals surface area contributed by atoms with Crippen molar-refractivity contribution < 1.29 is 13.5 Å². The highest BCUT2D eigenvalue weighted by atomic mass is 79.9. The maximum Gasteiger partial charge on any atom is 0.263 e. The number of aliphatic hydroxyl groups is 1. The molecule has 108 valence electrons. The molecular formula is C12H12Br2N2O3S. The van der Waals surface area contributed by atoms with Gasteiger partial charge in [-0.3, -0.25) is 4.72 Å². The van der Waals surface area contributed by atoms with Gasteiger partial charge in [-0.1, -0.05) is 0 Å². The topological polar surface area (TPSA) is 82.2 Å². The number of hydrogen-bond acceptors (Lipinski definition) is 3. The van der Waals surface area contributed by atoms with Crippen molar-refractivity contribution in [3.8, 4) is 0 Å². The zero-order valence-electron chi connectivity index (χ0n) is 10.4. The average molecular weight is 424 g/mol. The summed E-state index contributed by atoms with van der Waals surface area (Å²) in [7, 11) is -3.71. The quantitative estimate of drug-likeness (QED) is 0.706. The van der Waals surface area contributed by atoms with Crippen LogP contribution in [0.15, 0.2) is 38.2 Å². The monoisotopic (exact) mass is 422 g/mol. The molecule has 0 atom stereocenters. The van der Waals surface area contributed by atoms with E-state index in [0.29, 0.717) is 20.3 Å². The van der Waals surface area contributed by atoms with Crippen LogP contribution in [-0.2, 0) is 16.6 Å². The van der Waals surface area contributed by atoms with Crippen LogP contribution in [0.25, 0.3) is 0 Å². The fraction of sp³-hybridized carbons (Fsp3) is 0.167. The van der Waals surface area contributed by atoms with Crippen LogP contribution in [0.4, 0.5) is 5.69 Å². The Kier molecular flexibility index (Phi) is 4.58. The number of nitrogens with one attached hydrogen (secondary N) is 2. The van der Waals surface area contributed by atoms with Crippen LogP contribution in [0.5, 0.6) is 0 Å². The number of aliphatic hydroxyl groups excluding tert-OH is 1. The van der Waals surface area contributed by atoms with Gasteiger partial charge < -0.3 is 10.1 Å². The van der Waals surface area contributed by atoms with E-state index in [0.717, 1.165) is 5.56 Å². The van der Waals surface area contributed by atoms with Gasteiger partial charge in [0.15, 0.2) is 0 Å². The highest BCUT2D eigenvalue weighted by Crippen LogP contribution is 2.34. The summed E-state index contributed by atoms with van der Waals surface area (Å²) in [6, 6.07) is 5.02. The van der Waals surface area contributed by atoms with Crippen molar-refractivity contribution in [3.63, 3.8) is 0 Å². The molecule has 0 saturated carbocycles. The Labute approximate surface area is 133 Å². The summed E-state index contributed by atoms with van der Waals surface area (Å²) in [6.45, 7) is 1.67. The molecule has 2 rings (SSSR count). The number of H-pyrrole nitrogens is 1. The van der Waals surface area contributed by atoms with Crippen LogP contribution < -0.4 is 4.72 Å². The first-order valence-electron chi connectivity index (χ1n) is 5.60. The summed E-state index contributed by atoms with van der Waals surface area (Å²) in [4.78, 5) is 2.76. The van der Waals surface area contributed by atoms with Crippen LogP contribution in [0.2, 0.25) is 0 Å². The normalized spacial score (nSPS) is 11.6. The van der Waals surface area contributed by atoms with Crippen molar-refractivity contribution in [3.05, 3.63) is 44.6 Å². The van der Waals surface area contributed by atoms with Gasteiger partial charge in [-0.15, -0.1) is 0 Å². The van der Waals surface area contributed by atoms with Crippen molar-refractivity contribution in [2.24, 2.45) is 0 Å². The molecule has 3 N–H and O–H groups in total. The van der Waals surface area contributed by atoms with Gasteiger partial charge in [-0.25, -0.2) is 8.42 Å². The lowest BCUT2D eigenvalue weighted by molar-refractivity contribution is 0.277. The minimum Gasteiger partial charge on any atom is -0.390 e. The Bertz CT molecular complexity index is 718. The smallest absolute Gasteiger partial charge is 0.263 e. The minimum absolute atomic E-state index is 0.0703. The minimum atomic E-state index is -3.71. The first kappa shape index (κ1) is 15.6. The molecule has 0 aliphatic heterocycles. The number of rotatable bonds is 4. The predicted octanol–water partition coefficient (Wildman–Crippen LogP) is 3.14. The van der Waals surface area contributed by atoms with E-state index in [9.17, 15) is 8.42 Å². The van der Waals surface area contributed by atoms with Gasteiger partial charge in [0.1, 0.15) is 4.90 Å². The van der Waals surface area contributed by atoms with Gasteiger partial charge in [0.25, 0.3) is 10.0 Å². The molecule has 0 aliphatic rings. The first-order chi connectivity index (χ1) is 9.33. The fourth-order valence-electron chi connectivity index (χ4n) is 1.66. The molecule has 1 aromatic heterocycles. The lowest BCUT2D eigenvalue weighted by Gasteiger charge is -2.11. The third-order valence-corrected chi connectivity index (χ3v) is 5.20. The second kappa shape index (κ2) is 5.88. The number of benzene rings is 1.